The van der Waals surface area contributed by atoms with E-state index in [0.717, 1.165) is 4.31 Å². The van der Waals surface area contributed by atoms with Crippen molar-refractivity contribution in [1.29, 1.82) is 0 Å². The monoisotopic (exact) mass is 443 g/mol. The molecule has 0 unspecified atom stereocenters. The Morgan fingerprint density at radius 1 is 0.967 bits per heavy atom. The largest absolute Gasteiger partial charge is 0.507 e. The second-order valence-corrected chi connectivity index (χ2v) is 8.34. The molecule has 154 valence electrons. The summed E-state index contributed by atoms with van der Waals surface area (Å²) < 4.78 is 27.9. The van der Waals surface area contributed by atoms with Crippen molar-refractivity contribution < 1.29 is 18.3 Å². The number of amides is 1. The first kappa shape index (κ1) is 21.4. The maximum atomic E-state index is 13.5. The number of sulfonamides is 1. The van der Waals surface area contributed by atoms with Crippen molar-refractivity contribution in [2.45, 2.75) is 4.90 Å². The van der Waals surface area contributed by atoms with E-state index in [4.69, 9.17) is 17.4 Å². The van der Waals surface area contributed by atoms with Crippen molar-refractivity contribution in [3.8, 4) is 5.75 Å². The van der Waals surface area contributed by atoms with E-state index in [1.165, 1.54) is 54.6 Å². The highest BCUT2D eigenvalue weighted by atomic mass is 35.5. The summed E-state index contributed by atoms with van der Waals surface area (Å²) in [6, 6.07) is 19.8. The third-order valence-electron chi connectivity index (χ3n) is 4.15. The number of carbonyl (C=O) groups excluding carboxylic acids is 1. The van der Waals surface area contributed by atoms with Gasteiger partial charge in [-0.05, 0) is 48.5 Å². The van der Waals surface area contributed by atoms with Crippen LogP contribution in [-0.4, -0.2) is 19.4 Å². The Morgan fingerprint density at radius 2 is 1.57 bits per heavy atom. The quantitative estimate of drug-likeness (QED) is 0.234. The fraction of sp³-hybridized carbons (Fsp3) is 0. The lowest BCUT2D eigenvalue weighted by molar-refractivity contribution is -0.117. The standard InChI is InChI=1S/C21H18ClN3O4S/c22-16-10-12-17(13-11-16)25(30(28,29)18-7-2-1-3-8-18)19(21(27)24-23)14-15-6-4-5-9-20(15)26/h1-14,26H,23H2,(H,24,27). The van der Waals surface area contributed by atoms with Crippen molar-refractivity contribution in [3.63, 3.8) is 0 Å². The highest BCUT2D eigenvalue weighted by Gasteiger charge is 2.32. The summed E-state index contributed by atoms with van der Waals surface area (Å²) >= 11 is 5.95. The van der Waals surface area contributed by atoms with Crippen molar-refractivity contribution in [2.75, 3.05) is 4.31 Å². The van der Waals surface area contributed by atoms with Gasteiger partial charge in [0.15, 0.2) is 0 Å². The Labute approximate surface area is 179 Å². The van der Waals surface area contributed by atoms with Crippen LogP contribution in [0.15, 0.2) is 89.5 Å². The smallest absolute Gasteiger partial charge is 0.282 e. The van der Waals surface area contributed by atoms with Gasteiger partial charge >= 0.3 is 0 Å². The van der Waals surface area contributed by atoms with Gasteiger partial charge in [-0.3, -0.25) is 10.2 Å². The van der Waals surface area contributed by atoms with E-state index in [2.05, 4.69) is 0 Å². The van der Waals surface area contributed by atoms with Gasteiger partial charge in [0.25, 0.3) is 15.9 Å². The molecule has 3 rings (SSSR count). The summed E-state index contributed by atoms with van der Waals surface area (Å²) in [6.45, 7) is 0. The topological polar surface area (TPSA) is 113 Å². The van der Waals surface area contributed by atoms with Gasteiger partial charge in [-0.2, -0.15) is 0 Å². The molecule has 9 heteroatoms. The van der Waals surface area contributed by atoms with Gasteiger partial charge in [0, 0.05) is 10.6 Å². The lowest BCUT2D eigenvalue weighted by Crippen LogP contribution is -2.41. The highest BCUT2D eigenvalue weighted by Crippen LogP contribution is 2.31. The number of rotatable bonds is 6. The number of phenols is 1. The normalized spacial score (nSPS) is 11.7. The van der Waals surface area contributed by atoms with Crippen LogP contribution < -0.4 is 15.6 Å². The average Bonchev–Trinajstić information content (AvgIpc) is 2.76. The number of carbonyl (C=O) groups is 1. The van der Waals surface area contributed by atoms with E-state index in [1.807, 2.05) is 5.43 Å². The summed E-state index contributed by atoms with van der Waals surface area (Å²) in [5.41, 5.74) is 2.05. The minimum absolute atomic E-state index is 0.0343. The SMILES string of the molecule is NNC(=O)C(=Cc1ccccc1O)N(c1ccc(Cl)cc1)S(=O)(=O)c1ccccc1. The molecule has 0 spiro atoms. The summed E-state index contributed by atoms with van der Waals surface area (Å²) in [5.74, 6) is 4.34. The fourth-order valence-electron chi connectivity index (χ4n) is 2.73. The maximum absolute atomic E-state index is 13.5. The molecular formula is C21H18ClN3O4S. The fourth-order valence-corrected chi connectivity index (χ4v) is 4.36. The minimum Gasteiger partial charge on any atom is -0.507 e. The molecule has 0 atom stereocenters. The summed E-state index contributed by atoms with van der Waals surface area (Å²) in [4.78, 5) is 12.6. The zero-order valence-corrected chi connectivity index (χ0v) is 17.1. The van der Waals surface area contributed by atoms with Crippen LogP contribution in [0, 0.1) is 0 Å². The van der Waals surface area contributed by atoms with Crippen LogP contribution in [0.25, 0.3) is 6.08 Å². The number of aromatic hydroxyl groups is 1. The van der Waals surface area contributed by atoms with E-state index in [-0.39, 0.29) is 27.6 Å². The number of benzene rings is 3. The predicted octanol–water partition coefficient (Wildman–Crippen LogP) is 3.27. The summed E-state index contributed by atoms with van der Waals surface area (Å²) in [5, 5.41) is 10.5. The molecule has 0 aromatic heterocycles. The summed E-state index contributed by atoms with van der Waals surface area (Å²) in [7, 11) is -4.23. The van der Waals surface area contributed by atoms with Crippen molar-refractivity contribution in [2.24, 2.45) is 5.84 Å². The first-order valence-electron chi connectivity index (χ1n) is 8.71. The number of anilines is 1. The molecule has 0 radical (unpaired) electrons. The molecule has 0 fully saturated rings. The van der Waals surface area contributed by atoms with Gasteiger partial charge in [0.05, 0.1) is 10.6 Å². The molecule has 30 heavy (non-hydrogen) atoms. The van der Waals surface area contributed by atoms with Gasteiger partial charge in [0.2, 0.25) is 0 Å². The molecule has 0 bridgehead atoms. The number of hydrogen-bond acceptors (Lipinski definition) is 5. The Bertz CT molecular complexity index is 1180. The molecule has 0 saturated carbocycles. The molecule has 4 N–H and O–H groups in total. The molecule has 0 aliphatic rings. The number of halogens is 1. The van der Waals surface area contributed by atoms with Gasteiger partial charge in [0.1, 0.15) is 11.4 Å². The summed E-state index contributed by atoms with van der Waals surface area (Å²) in [6.07, 6.45) is 1.24. The number of nitrogens with zero attached hydrogens (tertiary/aromatic N) is 1. The average molecular weight is 444 g/mol. The Hall–Kier alpha value is -3.33. The Kier molecular flexibility index (Phi) is 6.41. The first-order chi connectivity index (χ1) is 14.3. The van der Waals surface area contributed by atoms with Gasteiger partial charge < -0.3 is 5.11 Å². The number of nitrogens with two attached hydrogens (primary N) is 1. The molecule has 3 aromatic carbocycles. The van der Waals surface area contributed by atoms with Gasteiger partial charge in [-0.25, -0.2) is 18.6 Å². The second-order valence-electron chi connectivity index (χ2n) is 6.12. The first-order valence-corrected chi connectivity index (χ1v) is 10.5. The van der Waals surface area contributed by atoms with E-state index in [0.29, 0.717) is 5.02 Å². The van der Waals surface area contributed by atoms with E-state index in [1.54, 1.807) is 30.3 Å². The van der Waals surface area contributed by atoms with E-state index >= 15 is 0 Å². The maximum Gasteiger partial charge on any atom is 0.282 e. The van der Waals surface area contributed by atoms with Crippen LogP contribution >= 0.6 is 11.6 Å². The lowest BCUT2D eigenvalue weighted by Gasteiger charge is -2.26. The third-order valence-corrected chi connectivity index (χ3v) is 6.16. The Balaban J connectivity index is 2.29. The molecule has 0 aliphatic carbocycles. The number of para-hydroxylation sites is 1. The number of hydrogen-bond donors (Lipinski definition) is 3. The number of hydrazine groups is 1. The molecule has 0 aliphatic heterocycles. The van der Waals surface area contributed by atoms with Crippen LogP contribution in [0.1, 0.15) is 5.56 Å². The zero-order valence-electron chi connectivity index (χ0n) is 15.6. The highest BCUT2D eigenvalue weighted by molar-refractivity contribution is 7.93. The number of phenolic OH excluding ortho intramolecular Hbond substituents is 1. The van der Waals surface area contributed by atoms with Crippen LogP contribution in [0.3, 0.4) is 0 Å². The van der Waals surface area contributed by atoms with Crippen LogP contribution in [0.5, 0.6) is 5.75 Å². The van der Waals surface area contributed by atoms with Crippen molar-refractivity contribution >= 4 is 39.3 Å². The molecule has 1 amide bonds. The van der Waals surface area contributed by atoms with Crippen LogP contribution in [0.2, 0.25) is 5.02 Å². The van der Waals surface area contributed by atoms with Crippen LogP contribution in [0.4, 0.5) is 5.69 Å². The van der Waals surface area contributed by atoms with Crippen molar-refractivity contribution in [1.82, 2.24) is 5.43 Å². The second kappa shape index (κ2) is 9.00. The zero-order chi connectivity index (χ0) is 21.7. The van der Waals surface area contributed by atoms with Crippen molar-refractivity contribution in [3.05, 3.63) is 95.1 Å². The number of nitrogens with one attached hydrogen (secondary N) is 1. The molecular weight excluding hydrogens is 426 g/mol. The molecule has 7 nitrogen and oxygen atoms in total. The third kappa shape index (κ3) is 4.46. The van der Waals surface area contributed by atoms with Gasteiger partial charge in [-0.15, -0.1) is 0 Å². The van der Waals surface area contributed by atoms with E-state index in [9.17, 15) is 18.3 Å². The Morgan fingerprint density at radius 3 is 2.17 bits per heavy atom. The van der Waals surface area contributed by atoms with Gasteiger partial charge in [-0.1, -0.05) is 48.0 Å². The minimum atomic E-state index is -4.23. The molecule has 0 heterocycles. The predicted molar refractivity (Wildman–Crippen MR) is 116 cm³/mol. The molecule has 3 aromatic rings. The van der Waals surface area contributed by atoms with E-state index < -0.39 is 15.9 Å². The van der Waals surface area contributed by atoms with Crippen LogP contribution in [-0.2, 0) is 14.8 Å². The lowest BCUT2D eigenvalue weighted by atomic mass is 10.1. The molecule has 0 saturated heterocycles.